The lowest BCUT2D eigenvalue weighted by molar-refractivity contribution is -0.0207. The van der Waals surface area contributed by atoms with E-state index in [1.165, 1.54) is 49.1 Å². The Morgan fingerprint density at radius 3 is 1.19 bits per heavy atom. The summed E-state index contributed by atoms with van der Waals surface area (Å²) in [5, 5.41) is 0. The highest BCUT2D eigenvalue weighted by molar-refractivity contribution is 6.74. The predicted molar refractivity (Wildman–Crippen MR) is 99.9 cm³/mol. The van der Waals surface area contributed by atoms with Gasteiger partial charge in [0.2, 0.25) is 0 Å². The van der Waals surface area contributed by atoms with Crippen molar-refractivity contribution in [3.8, 4) is 0 Å². The third-order valence-corrected chi connectivity index (χ3v) is 14.7. The highest BCUT2D eigenvalue weighted by Crippen LogP contribution is 2.30. The predicted octanol–water partition coefficient (Wildman–Crippen LogP) is 6.55. The molecule has 0 aromatic heterocycles. The normalized spacial score (nSPS) is 13.1. The zero-order chi connectivity index (χ0) is 16.4. The van der Waals surface area contributed by atoms with Crippen molar-refractivity contribution < 1.29 is 8.85 Å². The molecular formula is C17H40O2Si2. The summed E-state index contributed by atoms with van der Waals surface area (Å²) in [7, 11) is -3.14. The quantitative estimate of drug-likeness (QED) is 0.281. The molecule has 0 aromatic rings. The van der Waals surface area contributed by atoms with Gasteiger partial charge in [-0.3, -0.25) is 0 Å². The summed E-state index contributed by atoms with van der Waals surface area (Å²) in [6.07, 6.45) is 3.60. The molecule has 0 heterocycles. The molecule has 0 N–H and O–H groups in total. The summed E-state index contributed by atoms with van der Waals surface area (Å²) in [6, 6.07) is 7.28. The maximum Gasteiger partial charge on any atom is 0.195 e. The first kappa shape index (κ1) is 21.4. The van der Waals surface area contributed by atoms with E-state index in [4.69, 9.17) is 8.85 Å². The molecule has 0 aliphatic rings. The molecule has 0 unspecified atom stereocenters. The van der Waals surface area contributed by atoms with Crippen LogP contribution in [0.25, 0.3) is 0 Å². The fourth-order valence-corrected chi connectivity index (χ4v) is 8.61. The molecule has 2 nitrogen and oxygen atoms in total. The van der Waals surface area contributed by atoms with Crippen LogP contribution < -0.4 is 0 Å². The molecule has 0 amide bonds. The Kier molecular flexibility index (Phi) is 11.2. The molecule has 0 rings (SSSR count). The van der Waals surface area contributed by atoms with E-state index in [1.54, 1.807) is 0 Å². The third kappa shape index (κ3) is 6.55. The van der Waals surface area contributed by atoms with Crippen molar-refractivity contribution in [2.24, 2.45) is 0 Å². The van der Waals surface area contributed by atoms with Crippen LogP contribution in [0.4, 0.5) is 0 Å². The van der Waals surface area contributed by atoms with Crippen LogP contribution >= 0.6 is 0 Å². The van der Waals surface area contributed by atoms with E-state index in [9.17, 15) is 0 Å². The molecule has 21 heavy (non-hydrogen) atoms. The summed E-state index contributed by atoms with van der Waals surface area (Å²) in [4.78, 5) is 0. The Morgan fingerprint density at radius 1 is 0.619 bits per heavy atom. The molecule has 0 saturated carbocycles. The average Bonchev–Trinajstić information content (AvgIpc) is 2.55. The van der Waals surface area contributed by atoms with E-state index in [0.717, 1.165) is 6.42 Å². The summed E-state index contributed by atoms with van der Waals surface area (Å²) in [5.41, 5.74) is 0. The molecule has 0 bridgehead atoms. The van der Waals surface area contributed by atoms with Crippen LogP contribution in [0.3, 0.4) is 0 Å². The minimum absolute atomic E-state index is 0.0722. The number of hydrogen-bond acceptors (Lipinski definition) is 2. The Labute approximate surface area is 136 Å². The zero-order valence-corrected chi connectivity index (χ0v) is 17.8. The van der Waals surface area contributed by atoms with Gasteiger partial charge in [-0.1, -0.05) is 54.9 Å². The van der Waals surface area contributed by atoms with E-state index in [2.05, 4.69) is 48.5 Å². The minimum Gasteiger partial charge on any atom is -0.393 e. The monoisotopic (exact) mass is 332 g/mol. The molecule has 4 heteroatoms. The van der Waals surface area contributed by atoms with Gasteiger partial charge in [-0.05, 0) is 49.1 Å². The van der Waals surface area contributed by atoms with E-state index in [-0.39, 0.29) is 6.29 Å². The van der Waals surface area contributed by atoms with Crippen molar-refractivity contribution in [2.45, 2.75) is 110 Å². The third-order valence-electron chi connectivity index (χ3n) is 5.42. The molecule has 0 atom stereocenters. The number of rotatable bonds is 13. The maximum absolute atomic E-state index is 6.70. The van der Waals surface area contributed by atoms with Gasteiger partial charge in [-0.15, -0.1) is 0 Å². The van der Waals surface area contributed by atoms with Gasteiger partial charge in [0.25, 0.3) is 0 Å². The molecule has 0 aromatic carbocycles. The van der Waals surface area contributed by atoms with Crippen LogP contribution in [0.15, 0.2) is 0 Å². The summed E-state index contributed by atoms with van der Waals surface area (Å²) >= 11 is 0. The molecule has 0 aliphatic carbocycles. The van der Waals surface area contributed by atoms with Crippen molar-refractivity contribution in [2.75, 3.05) is 0 Å². The lowest BCUT2D eigenvalue weighted by Gasteiger charge is -2.39. The molecule has 128 valence electrons. The topological polar surface area (TPSA) is 18.5 Å². The van der Waals surface area contributed by atoms with Crippen molar-refractivity contribution in [1.82, 2.24) is 0 Å². The van der Waals surface area contributed by atoms with Crippen molar-refractivity contribution in [3.05, 3.63) is 0 Å². The van der Waals surface area contributed by atoms with Crippen molar-refractivity contribution >= 4 is 16.6 Å². The lowest BCUT2D eigenvalue weighted by Crippen LogP contribution is -2.46. The second-order valence-corrected chi connectivity index (χ2v) is 15.7. The van der Waals surface area contributed by atoms with Crippen LogP contribution in [-0.4, -0.2) is 22.9 Å². The van der Waals surface area contributed by atoms with Gasteiger partial charge >= 0.3 is 0 Å². The Hall–Kier alpha value is 0.354. The SMILES string of the molecule is CCCCC(O[Si](CC)(CC)CC)O[Si](CC)(CC)CC. The first-order chi connectivity index (χ1) is 10.0. The fraction of sp³-hybridized carbons (Fsp3) is 1.00. The molecule has 0 saturated heterocycles. The first-order valence-electron chi connectivity index (χ1n) is 9.36. The molecule has 0 radical (unpaired) electrons. The molecule has 0 fully saturated rings. The lowest BCUT2D eigenvalue weighted by atomic mass is 10.2. The van der Waals surface area contributed by atoms with Crippen LogP contribution in [0.1, 0.15) is 67.7 Å². The van der Waals surface area contributed by atoms with Gasteiger partial charge in [0.15, 0.2) is 16.6 Å². The van der Waals surface area contributed by atoms with Gasteiger partial charge in [0.1, 0.15) is 6.29 Å². The smallest absolute Gasteiger partial charge is 0.195 e. The Bertz CT molecular complexity index is 213. The van der Waals surface area contributed by atoms with Crippen molar-refractivity contribution in [3.63, 3.8) is 0 Å². The van der Waals surface area contributed by atoms with E-state index < -0.39 is 16.6 Å². The van der Waals surface area contributed by atoms with Crippen LogP contribution in [0.5, 0.6) is 0 Å². The fourth-order valence-electron chi connectivity index (χ4n) is 3.07. The second kappa shape index (κ2) is 11.0. The summed E-state index contributed by atoms with van der Waals surface area (Å²) < 4.78 is 13.4. The second-order valence-electron chi connectivity index (χ2n) is 6.29. The highest BCUT2D eigenvalue weighted by atomic mass is 28.4. The number of hydrogen-bond donors (Lipinski definition) is 0. The van der Waals surface area contributed by atoms with Crippen molar-refractivity contribution in [1.29, 1.82) is 0 Å². The van der Waals surface area contributed by atoms with E-state index in [1.807, 2.05) is 0 Å². The molecule has 0 aliphatic heterocycles. The molecule has 0 spiro atoms. The van der Waals surface area contributed by atoms with Gasteiger partial charge in [0.05, 0.1) is 0 Å². The highest BCUT2D eigenvalue weighted by Gasteiger charge is 2.37. The minimum atomic E-state index is -1.57. The molecular weight excluding hydrogens is 292 g/mol. The average molecular weight is 333 g/mol. The van der Waals surface area contributed by atoms with E-state index in [0.29, 0.717) is 0 Å². The zero-order valence-electron chi connectivity index (χ0n) is 15.8. The Morgan fingerprint density at radius 2 is 0.952 bits per heavy atom. The summed E-state index contributed by atoms with van der Waals surface area (Å²) in [5.74, 6) is 0. The van der Waals surface area contributed by atoms with Gasteiger partial charge in [-0.2, -0.15) is 0 Å². The van der Waals surface area contributed by atoms with E-state index >= 15 is 0 Å². The van der Waals surface area contributed by atoms with Crippen LogP contribution in [0, 0.1) is 0 Å². The maximum atomic E-state index is 6.70. The standard InChI is InChI=1S/C17H40O2Si2/c1-8-15-16-17(18-20(9-2,10-3)11-4)19-21(12-5,13-6)14-7/h17H,8-16H2,1-7H3. The van der Waals surface area contributed by atoms with Crippen LogP contribution in [-0.2, 0) is 8.85 Å². The van der Waals surface area contributed by atoms with Gasteiger partial charge in [0, 0.05) is 0 Å². The number of unbranched alkanes of at least 4 members (excludes halogenated alkanes) is 1. The summed E-state index contributed by atoms with van der Waals surface area (Å²) in [6.45, 7) is 16.1. The first-order valence-corrected chi connectivity index (χ1v) is 14.4. The largest absolute Gasteiger partial charge is 0.393 e. The van der Waals surface area contributed by atoms with Gasteiger partial charge in [-0.25, -0.2) is 0 Å². The van der Waals surface area contributed by atoms with Crippen LogP contribution in [0.2, 0.25) is 36.3 Å². The van der Waals surface area contributed by atoms with Gasteiger partial charge < -0.3 is 8.85 Å². The Balaban J connectivity index is 5.01.